The van der Waals surface area contributed by atoms with Crippen LogP contribution in [0.4, 0.5) is 18.9 Å². The number of para-hydroxylation sites is 1. The van der Waals surface area contributed by atoms with Gasteiger partial charge in [-0.05, 0) is 57.8 Å². The van der Waals surface area contributed by atoms with Gasteiger partial charge in [0, 0.05) is 0 Å². The molecule has 0 amide bonds. The molecule has 11 heteroatoms. The van der Waals surface area contributed by atoms with E-state index in [9.17, 15) is 18.0 Å². The van der Waals surface area contributed by atoms with E-state index < -0.39 is 48.7 Å². The Balaban J connectivity index is 1.28. The minimum atomic E-state index is -5.06. The summed E-state index contributed by atoms with van der Waals surface area (Å²) in [5.74, 6) is -2.42. The summed E-state index contributed by atoms with van der Waals surface area (Å²) in [6.45, 7) is 0.0964. The van der Waals surface area contributed by atoms with Gasteiger partial charge in [0.1, 0.15) is 18.3 Å². The largest absolute Gasteiger partial charge is 0.468 e. The molecule has 57 heavy (non-hydrogen) atoms. The first kappa shape index (κ1) is 39.4. The molecule has 6 aromatic carbocycles. The molecule has 7 rings (SSSR count). The van der Waals surface area contributed by atoms with E-state index in [-0.39, 0.29) is 37.7 Å². The van der Waals surface area contributed by atoms with E-state index in [4.69, 9.17) is 28.4 Å². The SMILES string of the molecule is O=C(OC1C(OC(=Nc2ccccc2)C(F)(F)F)OC(COCc2ccccc2)[C@H](OCc2ccccc2)C1OCc1ccc2ccccc2c1)c1ccccc1. The summed E-state index contributed by atoms with van der Waals surface area (Å²) in [5.41, 5.74) is 2.62. The molecule has 8 nitrogen and oxygen atoms in total. The monoisotopic (exact) mass is 775 g/mol. The number of hydrogen-bond acceptors (Lipinski definition) is 8. The number of benzene rings is 6. The molecule has 0 aromatic heterocycles. The van der Waals surface area contributed by atoms with Gasteiger partial charge in [-0.3, -0.25) is 0 Å². The summed E-state index contributed by atoms with van der Waals surface area (Å²) in [6.07, 6.45) is -11.9. The lowest BCUT2D eigenvalue weighted by Crippen LogP contribution is -2.62. The van der Waals surface area contributed by atoms with Crippen LogP contribution in [0.15, 0.2) is 169 Å². The van der Waals surface area contributed by atoms with E-state index in [1.807, 2.05) is 103 Å². The van der Waals surface area contributed by atoms with Crippen molar-refractivity contribution >= 4 is 28.3 Å². The highest BCUT2D eigenvalue weighted by atomic mass is 19.4. The summed E-state index contributed by atoms with van der Waals surface area (Å²) in [4.78, 5) is 17.6. The molecule has 1 aliphatic heterocycles. The molecular formula is C46H40F3NO7. The van der Waals surface area contributed by atoms with E-state index in [1.165, 1.54) is 24.3 Å². The van der Waals surface area contributed by atoms with Crippen LogP contribution in [0.3, 0.4) is 0 Å². The lowest BCUT2D eigenvalue weighted by atomic mass is 9.97. The van der Waals surface area contributed by atoms with Gasteiger partial charge in [0.15, 0.2) is 6.10 Å². The van der Waals surface area contributed by atoms with Crippen molar-refractivity contribution in [3.63, 3.8) is 0 Å². The number of esters is 1. The number of fused-ring (bicyclic) bond motifs is 1. The lowest BCUT2D eigenvalue weighted by Gasteiger charge is -2.45. The number of alkyl halides is 3. The van der Waals surface area contributed by atoms with E-state index in [2.05, 4.69) is 4.99 Å². The molecule has 0 bridgehead atoms. The smallest absolute Gasteiger partial charge is 0.449 e. The van der Waals surface area contributed by atoms with Gasteiger partial charge in [0.2, 0.25) is 6.29 Å². The predicted molar refractivity (Wildman–Crippen MR) is 209 cm³/mol. The number of ether oxygens (including phenoxy) is 6. The van der Waals surface area contributed by atoms with Crippen molar-refractivity contribution in [3.05, 3.63) is 186 Å². The fourth-order valence-electron chi connectivity index (χ4n) is 6.43. The van der Waals surface area contributed by atoms with Gasteiger partial charge in [-0.1, -0.05) is 133 Å². The summed E-state index contributed by atoms with van der Waals surface area (Å²) >= 11 is 0. The third kappa shape index (κ3) is 10.7. The zero-order valence-corrected chi connectivity index (χ0v) is 30.7. The third-order valence-electron chi connectivity index (χ3n) is 9.24. The van der Waals surface area contributed by atoms with Crippen LogP contribution in [0.1, 0.15) is 27.0 Å². The third-order valence-corrected chi connectivity index (χ3v) is 9.24. The number of aliphatic imine (C=N–C) groups is 1. The zero-order valence-electron chi connectivity index (χ0n) is 30.7. The van der Waals surface area contributed by atoms with Gasteiger partial charge in [0.05, 0.1) is 37.7 Å². The molecular weight excluding hydrogens is 735 g/mol. The summed E-state index contributed by atoms with van der Waals surface area (Å²) < 4.78 is 81.8. The molecule has 0 aliphatic carbocycles. The average molecular weight is 776 g/mol. The van der Waals surface area contributed by atoms with Gasteiger partial charge >= 0.3 is 12.1 Å². The first-order valence-corrected chi connectivity index (χ1v) is 18.5. The molecule has 4 unspecified atom stereocenters. The van der Waals surface area contributed by atoms with Gasteiger partial charge in [-0.15, -0.1) is 0 Å². The van der Waals surface area contributed by atoms with E-state index >= 15 is 0 Å². The molecule has 6 aromatic rings. The molecule has 0 radical (unpaired) electrons. The van der Waals surface area contributed by atoms with Crippen molar-refractivity contribution in [2.24, 2.45) is 4.99 Å². The first-order chi connectivity index (χ1) is 27.8. The summed E-state index contributed by atoms with van der Waals surface area (Å²) in [5, 5.41) is 1.99. The van der Waals surface area contributed by atoms with Crippen LogP contribution < -0.4 is 0 Å². The Kier molecular flexibility index (Phi) is 13.0. The molecule has 0 N–H and O–H groups in total. The predicted octanol–water partition coefficient (Wildman–Crippen LogP) is 9.79. The molecule has 1 fully saturated rings. The molecule has 1 heterocycles. The number of nitrogens with zero attached hydrogens (tertiary/aromatic N) is 1. The van der Waals surface area contributed by atoms with Crippen LogP contribution in [-0.4, -0.2) is 55.4 Å². The highest BCUT2D eigenvalue weighted by Crippen LogP contribution is 2.34. The standard InChI is InChI=1S/C46H40F3NO7/c47-46(48,49)45(50-38-23-11-4-12-24-38)57-44-42(56-43(51)36-20-9-3-10-21-36)41(54-30-34-25-26-35-19-13-14-22-37(35)27-34)40(53-29-33-17-7-2-8-18-33)39(55-44)31-52-28-32-15-5-1-6-16-32/h1-27,39-42,44H,28-31H2/t39?,40-,41?,42?,44?/m0/s1. The van der Waals surface area contributed by atoms with Crippen molar-refractivity contribution in [1.29, 1.82) is 0 Å². The van der Waals surface area contributed by atoms with E-state index in [0.29, 0.717) is 0 Å². The van der Waals surface area contributed by atoms with Crippen LogP contribution in [0.25, 0.3) is 10.8 Å². The number of halogens is 3. The van der Waals surface area contributed by atoms with Crippen molar-refractivity contribution in [2.45, 2.75) is 56.7 Å². The van der Waals surface area contributed by atoms with E-state index in [1.54, 1.807) is 36.4 Å². The highest BCUT2D eigenvalue weighted by molar-refractivity contribution is 5.89. The zero-order chi connectivity index (χ0) is 39.5. The van der Waals surface area contributed by atoms with Crippen LogP contribution in [0.5, 0.6) is 0 Å². The highest BCUT2D eigenvalue weighted by Gasteiger charge is 2.53. The molecule has 0 saturated carbocycles. The summed E-state index contributed by atoms with van der Waals surface area (Å²) in [7, 11) is 0. The molecule has 0 spiro atoms. The van der Waals surface area contributed by atoms with Crippen LogP contribution in [-0.2, 0) is 48.2 Å². The Bertz CT molecular complexity index is 2210. The Morgan fingerprint density at radius 3 is 1.81 bits per heavy atom. The van der Waals surface area contributed by atoms with Crippen molar-refractivity contribution in [1.82, 2.24) is 0 Å². The van der Waals surface area contributed by atoms with Gasteiger partial charge < -0.3 is 28.4 Å². The minimum absolute atomic E-state index is 0.00520. The maximum atomic E-state index is 14.8. The molecule has 292 valence electrons. The quantitative estimate of drug-likeness (QED) is 0.0619. The van der Waals surface area contributed by atoms with Crippen molar-refractivity contribution in [3.8, 4) is 0 Å². The minimum Gasteiger partial charge on any atom is -0.449 e. The Morgan fingerprint density at radius 2 is 1.14 bits per heavy atom. The lowest BCUT2D eigenvalue weighted by molar-refractivity contribution is -0.305. The van der Waals surface area contributed by atoms with Gasteiger partial charge in [0.25, 0.3) is 5.90 Å². The van der Waals surface area contributed by atoms with Crippen LogP contribution >= 0.6 is 0 Å². The van der Waals surface area contributed by atoms with Gasteiger partial charge in [-0.25, -0.2) is 9.79 Å². The maximum Gasteiger partial charge on any atom is 0.468 e. The average Bonchev–Trinajstić information content (AvgIpc) is 3.24. The second kappa shape index (κ2) is 18.9. The Morgan fingerprint density at radius 1 is 0.579 bits per heavy atom. The Hall–Kier alpha value is -5.85. The summed E-state index contributed by atoms with van der Waals surface area (Å²) in [6, 6.07) is 48.1. The van der Waals surface area contributed by atoms with E-state index in [0.717, 1.165) is 27.5 Å². The number of rotatable bonds is 14. The van der Waals surface area contributed by atoms with Crippen LogP contribution in [0.2, 0.25) is 0 Å². The van der Waals surface area contributed by atoms with Gasteiger partial charge in [-0.2, -0.15) is 13.2 Å². The van der Waals surface area contributed by atoms with Crippen molar-refractivity contribution in [2.75, 3.05) is 6.61 Å². The topological polar surface area (TPSA) is 84.8 Å². The number of carbonyl (C=O) groups excluding carboxylic acids is 1. The Labute approximate surface area is 328 Å². The fraction of sp³-hybridized carbons (Fsp3) is 0.217. The van der Waals surface area contributed by atoms with Crippen molar-refractivity contribution < 1.29 is 46.4 Å². The normalized spacial score (nSPS) is 19.9. The number of carbonyl (C=O) groups is 1. The van der Waals surface area contributed by atoms with Crippen LogP contribution in [0, 0.1) is 0 Å². The molecule has 1 saturated heterocycles. The number of hydrogen-bond donors (Lipinski definition) is 0. The molecule has 5 atom stereocenters. The second-order valence-electron chi connectivity index (χ2n) is 13.4. The second-order valence-corrected chi connectivity index (χ2v) is 13.4. The first-order valence-electron chi connectivity index (χ1n) is 18.5. The maximum absolute atomic E-state index is 14.8. The fourth-order valence-corrected chi connectivity index (χ4v) is 6.43. The molecule has 1 aliphatic rings.